The summed E-state index contributed by atoms with van der Waals surface area (Å²) in [6.45, 7) is 0.673. The van der Waals surface area contributed by atoms with Crippen LogP contribution in [0.25, 0.3) is 6.08 Å². The van der Waals surface area contributed by atoms with Gasteiger partial charge in [-0.15, -0.1) is 0 Å². The third kappa shape index (κ3) is 2.15. The van der Waals surface area contributed by atoms with E-state index >= 15 is 0 Å². The Labute approximate surface area is 109 Å². The van der Waals surface area contributed by atoms with Crippen LogP contribution in [-0.4, -0.2) is 17.7 Å². The molecule has 0 spiro atoms. The third-order valence-electron chi connectivity index (χ3n) is 2.29. The minimum Gasteiger partial charge on any atom is -0.492 e. The van der Waals surface area contributed by atoms with Gasteiger partial charge in [0.15, 0.2) is 0 Å². The van der Waals surface area contributed by atoms with E-state index in [1.807, 2.05) is 6.07 Å². The molecule has 84 valence electrons. The Morgan fingerprint density at radius 1 is 1.44 bits per heavy atom. The lowest BCUT2D eigenvalue weighted by atomic mass is 10.1. The summed E-state index contributed by atoms with van der Waals surface area (Å²) in [7, 11) is 0. The van der Waals surface area contributed by atoms with Gasteiger partial charge in [-0.2, -0.15) is 0 Å². The number of hydrogen-bond acceptors (Lipinski definition) is 2. The second-order valence-electron chi connectivity index (χ2n) is 3.35. The van der Waals surface area contributed by atoms with Gasteiger partial charge in [-0.1, -0.05) is 0 Å². The van der Waals surface area contributed by atoms with E-state index in [4.69, 9.17) is 9.84 Å². The van der Waals surface area contributed by atoms with Gasteiger partial charge in [0.05, 0.1) is 11.1 Å². The summed E-state index contributed by atoms with van der Waals surface area (Å²) in [6, 6.07) is 1.94. The molecule has 3 nitrogen and oxygen atoms in total. The number of hydrogen-bond donors (Lipinski definition) is 1. The molecule has 0 radical (unpaired) electrons. The van der Waals surface area contributed by atoms with Crippen molar-refractivity contribution >= 4 is 43.9 Å². The highest BCUT2D eigenvalue weighted by Crippen LogP contribution is 2.41. The fourth-order valence-electron chi connectivity index (χ4n) is 1.57. The predicted octanol–water partition coefficient (Wildman–Crippen LogP) is 3.24. The van der Waals surface area contributed by atoms with Crippen LogP contribution in [-0.2, 0) is 11.2 Å². The molecule has 0 atom stereocenters. The van der Waals surface area contributed by atoms with E-state index in [0.29, 0.717) is 6.61 Å². The Morgan fingerprint density at radius 2 is 2.19 bits per heavy atom. The molecule has 1 aromatic carbocycles. The zero-order valence-corrected chi connectivity index (χ0v) is 11.3. The molecule has 0 fully saturated rings. The van der Waals surface area contributed by atoms with Gasteiger partial charge in [-0.3, -0.25) is 0 Å². The van der Waals surface area contributed by atoms with Gasteiger partial charge in [-0.05, 0) is 55.1 Å². The highest BCUT2D eigenvalue weighted by Gasteiger charge is 2.19. The molecule has 0 aliphatic carbocycles. The van der Waals surface area contributed by atoms with Gasteiger partial charge in [0.1, 0.15) is 5.75 Å². The highest BCUT2D eigenvalue weighted by atomic mass is 79.9. The van der Waals surface area contributed by atoms with E-state index in [-0.39, 0.29) is 0 Å². The Kier molecular flexibility index (Phi) is 3.35. The molecule has 16 heavy (non-hydrogen) atoms. The zero-order valence-electron chi connectivity index (χ0n) is 8.17. The monoisotopic (exact) mass is 346 g/mol. The molecule has 2 rings (SSSR count). The van der Waals surface area contributed by atoms with Gasteiger partial charge in [0.2, 0.25) is 0 Å². The molecule has 0 aromatic heterocycles. The van der Waals surface area contributed by atoms with Gasteiger partial charge in [0.25, 0.3) is 0 Å². The molecule has 0 bridgehead atoms. The normalized spacial score (nSPS) is 13.9. The molecule has 0 saturated heterocycles. The zero-order chi connectivity index (χ0) is 11.7. The topological polar surface area (TPSA) is 46.5 Å². The SMILES string of the molecule is O=C(O)/C=C/c1cc2c(c(Br)c1Br)OCC2. The first-order valence-corrected chi connectivity index (χ1v) is 6.23. The van der Waals surface area contributed by atoms with Gasteiger partial charge >= 0.3 is 5.97 Å². The highest BCUT2D eigenvalue weighted by molar-refractivity contribution is 9.13. The maximum absolute atomic E-state index is 10.5. The number of halogens is 2. The van der Waals surface area contributed by atoms with E-state index in [1.54, 1.807) is 6.08 Å². The van der Waals surface area contributed by atoms with Crippen molar-refractivity contribution in [3.05, 3.63) is 32.2 Å². The lowest BCUT2D eigenvalue weighted by molar-refractivity contribution is -0.131. The van der Waals surface area contributed by atoms with Crippen molar-refractivity contribution in [1.29, 1.82) is 0 Å². The number of carbonyl (C=O) groups is 1. The van der Waals surface area contributed by atoms with Crippen molar-refractivity contribution in [2.24, 2.45) is 0 Å². The summed E-state index contributed by atoms with van der Waals surface area (Å²) >= 11 is 6.85. The Balaban J connectivity index is 2.48. The molecule has 0 amide bonds. The first-order valence-electron chi connectivity index (χ1n) is 4.64. The Hall–Kier alpha value is -0.810. The second-order valence-corrected chi connectivity index (χ2v) is 4.94. The number of benzene rings is 1. The lowest BCUT2D eigenvalue weighted by Gasteiger charge is -2.07. The minimum absolute atomic E-state index is 0.673. The van der Waals surface area contributed by atoms with Crippen molar-refractivity contribution in [2.45, 2.75) is 6.42 Å². The summed E-state index contributed by atoms with van der Waals surface area (Å²) in [5.41, 5.74) is 1.93. The lowest BCUT2D eigenvalue weighted by Crippen LogP contribution is -1.89. The third-order valence-corrected chi connectivity index (χ3v) is 4.43. The van der Waals surface area contributed by atoms with Crippen LogP contribution in [0.2, 0.25) is 0 Å². The standard InChI is InChI=1S/C11H8Br2O3/c12-9-6(1-2-8(14)15)5-7-3-4-16-11(7)10(9)13/h1-2,5H,3-4H2,(H,14,15)/b2-1+. The summed E-state index contributed by atoms with van der Waals surface area (Å²) in [5, 5.41) is 8.59. The first-order chi connectivity index (χ1) is 7.59. The van der Waals surface area contributed by atoms with Crippen LogP contribution >= 0.6 is 31.9 Å². The number of aliphatic carboxylic acids is 1. The van der Waals surface area contributed by atoms with E-state index < -0.39 is 5.97 Å². The van der Waals surface area contributed by atoms with Crippen molar-refractivity contribution in [1.82, 2.24) is 0 Å². The first kappa shape index (κ1) is 11.7. The predicted molar refractivity (Wildman–Crippen MR) is 67.7 cm³/mol. The summed E-state index contributed by atoms with van der Waals surface area (Å²) in [5.74, 6) is -0.112. The summed E-state index contributed by atoms with van der Waals surface area (Å²) < 4.78 is 7.12. The quantitative estimate of drug-likeness (QED) is 0.835. The molecular weight excluding hydrogens is 340 g/mol. The molecule has 0 saturated carbocycles. The summed E-state index contributed by atoms with van der Waals surface area (Å²) in [6.07, 6.45) is 3.54. The molecule has 1 aliphatic heterocycles. The van der Waals surface area contributed by atoms with Gasteiger partial charge in [0, 0.05) is 17.0 Å². The van der Waals surface area contributed by atoms with Gasteiger partial charge in [-0.25, -0.2) is 4.79 Å². The summed E-state index contributed by atoms with van der Waals surface area (Å²) in [4.78, 5) is 10.5. The molecule has 1 heterocycles. The van der Waals surface area contributed by atoms with Crippen LogP contribution in [0.4, 0.5) is 0 Å². The molecule has 1 N–H and O–H groups in total. The number of ether oxygens (including phenoxy) is 1. The van der Waals surface area contributed by atoms with E-state index in [0.717, 1.165) is 38.3 Å². The Bertz CT molecular complexity index is 481. The van der Waals surface area contributed by atoms with Crippen LogP contribution in [0.15, 0.2) is 21.1 Å². The number of carboxylic acids is 1. The number of fused-ring (bicyclic) bond motifs is 1. The average Bonchev–Trinajstić information content (AvgIpc) is 2.69. The van der Waals surface area contributed by atoms with E-state index in [9.17, 15) is 4.79 Å². The molecule has 5 heteroatoms. The van der Waals surface area contributed by atoms with Gasteiger partial charge < -0.3 is 9.84 Å². The van der Waals surface area contributed by atoms with Crippen molar-refractivity contribution < 1.29 is 14.6 Å². The fraction of sp³-hybridized carbons (Fsp3) is 0.182. The van der Waals surface area contributed by atoms with Crippen LogP contribution in [0.5, 0.6) is 5.75 Å². The van der Waals surface area contributed by atoms with Crippen LogP contribution in [0.3, 0.4) is 0 Å². The maximum Gasteiger partial charge on any atom is 0.328 e. The molecule has 0 unspecified atom stereocenters. The average molecular weight is 348 g/mol. The smallest absolute Gasteiger partial charge is 0.328 e. The largest absolute Gasteiger partial charge is 0.492 e. The second kappa shape index (κ2) is 4.59. The van der Waals surface area contributed by atoms with Crippen LogP contribution in [0, 0.1) is 0 Å². The van der Waals surface area contributed by atoms with Crippen LogP contribution in [0.1, 0.15) is 11.1 Å². The van der Waals surface area contributed by atoms with Crippen molar-refractivity contribution in [2.75, 3.05) is 6.61 Å². The maximum atomic E-state index is 10.5. The number of carboxylic acid groups (broad SMARTS) is 1. The van der Waals surface area contributed by atoms with Crippen LogP contribution < -0.4 is 4.74 Å². The fourth-order valence-corrected chi connectivity index (χ4v) is 2.60. The number of rotatable bonds is 2. The van der Waals surface area contributed by atoms with Crippen molar-refractivity contribution in [3.8, 4) is 5.75 Å². The molecule has 1 aromatic rings. The van der Waals surface area contributed by atoms with Crippen molar-refractivity contribution in [3.63, 3.8) is 0 Å². The van der Waals surface area contributed by atoms with E-state index in [2.05, 4.69) is 31.9 Å². The Morgan fingerprint density at radius 3 is 2.88 bits per heavy atom. The molecular formula is C11H8Br2O3. The molecule has 1 aliphatic rings. The van der Waals surface area contributed by atoms with E-state index in [1.165, 1.54) is 0 Å². The minimum atomic E-state index is -0.959.